The summed E-state index contributed by atoms with van der Waals surface area (Å²) in [4.78, 5) is 11.8. The molecule has 0 aliphatic carbocycles. The normalized spacial score (nSPS) is 10.2. The van der Waals surface area contributed by atoms with E-state index in [-0.39, 0.29) is 23.5 Å². The lowest BCUT2D eigenvalue weighted by atomic mass is 10.3. The molecule has 0 saturated carbocycles. The van der Waals surface area contributed by atoms with Crippen LogP contribution in [0.25, 0.3) is 0 Å². The Morgan fingerprint density at radius 3 is 1.45 bits per heavy atom. The van der Waals surface area contributed by atoms with Crippen LogP contribution < -0.4 is 9.47 Å². The van der Waals surface area contributed by atoms with Crippen LogP contribution in [0.15, 0.2) is 54.9 Å². The zero-order valence-corrected chi connectivity index (χ0v) is 11.2. The van der Waals surface area contributed by atoms with Crippen molar-refractivity contribution in [3.63, 3.8) is 0 Å². The van der Waals surface area contributed by atoms with Gasteiger partial charge in [0.2, 0.25) is 0 Å². The molecule has 2 N–H and O–H groups in total. The number of benzene rings is 2. The van der Waals surface area contributed by atoms with Crippen molar-refractivity contribution in [2.75, 3.05) is 0 Å². The van der Waals surface area contributed by atoms with Crippen LogP contribution in [-0.4, -0.2) is 25.2 Å². The first-order valence-corrected chi connectivity index (χ1v) is 6.32. The summed E-state index contributed by atoms with van der Waals surface area (Å²) in [7, 11) is 0. The molecule has 0 saturated heterocycles. The van der Waals surface area contributed by atoms with Crippen molar-refractivity contribution in [1.29, 1.82) is 0 Å². The van der Waals surface area contributed by atoms with Crippen LogP contribution in [0.2, 0.25) is 0 Å². The Bertz CT molecular complexity index is 698. The molecule has 0 aliphatic heterocycles. The minimum absolute atomic E-state index is 0.0643. The number of rotatable bonds is 4. The maximum Gasteiger partial charge on any atom is 0.328 e. The van der Waals surface area contributed by atoms with Crippen molar-refractivity contribution >= 4 is 0 Å². The zero-order chi connectivity index (χ0) is 15.4. The molecule has 0 bridgehead atoms. The van der Waals surface area contributed by atoms with E-state index in [1.807, 2.05) is 0 Å². The lowest BCUT2D eigenvalue weighted by molar-refractivity contribution is 0.395. The van der Waals surface area contributed by atoms with Gasteiger partial charge in [0, 0.05) is 0 Å². The van der Waals surface area contributed by atoms with Gasteiger partial charge in [0.25, 0.3) is 0 Å². The van der Waals surface area contributed by atoms with Gasteiger partial charge in [-0.3, -0.25) is 0 Å². The van der Waals surface area contributed by atoms with Gasteiger partial charge in [-0.25, -0.2) is 0 Å². The van der Waals surface area contributed by atoms with Crippen LogP contribution in [0.1, 0.15) is 0 Å². The largest absolute Gasteiger partial charge is 0.508 e. The minimum Gasteiger partial charge on any atom is -0.508 e. The van der Waals surface area contributed by atoms with Crippen LogP contribution in [0.4, 0.5) is 0 Å². The number of phenolic OH excluding ortho intramolecular Hbond substituents is 2. The lowest BCUT2D eigenvalue weighted by Gasteiger charge is -2.06. The summed E-state index contributed by atoms with van der Waals surface area (Å²) in [6, 6.07) is 12.4. The average molecular weight is 297 g/mol. The first-order chi connectivity index (χ1) is 10.7. The standard InChI is InChI=1S/C15H11N3O4/c19-10-1-5-12(6-2-10)21-14-16-9-17-15(18-14)22-13-7-3-11(20)4-8-13/h1-9,19-20H. The van der Waals surface area contributed by atoms with Gasteiger partial charge in [-0.05, 0) is 48.5 Å². The molecule has 0 atom stereocenters. The lowest BCUT2D eigenvalue weighted by Crippen LogP contribution is -1.96. The molecule has 0 unspecified atom stereocenters. The summed E-state index contributed by atoms with van der Waals surface area (Å²) >= 11 is 0. The van der Waals surface area contributed by atoms with Crippen molar-refractivity contribution in [3.05, 3.63) is 54.9 Å². The predicted octanol–water partition coefficient (Wildman–Crippen LogP) is 2.87. The topological polar surface area (TPSA) is 97.6 Å². The van der Waals surface area contributed by atoms with Crippen LogP contribution in [0.3, 0.4) is 0 Å². The van der Waals surface area contributed by atoms with E-state index < -0.39 is 0 Å². The van der Waals surface area contributed by atoms with Crippen molar-refractivity contribution in [2.24, 2.45) is 0 Å². The van der Waals surface area contributed by atoms with Crippen molar-refractivity contribution in [3.8, 4) is 35.0 Å². The average Bonchev–Trinajstić information content (AvgIpc) is 2.52. The third-order valence-corrected chi connectivity index (χ3v) is 2.62. The van der Waals surface area contributed by atoms with E-state index >= 15 is 0 Å². The Morgan fingerprint density at radius 1 is 0.636 bits per heavy atom. The van der Waals surface area contributed by atoms with E-state index in [4.69, 9.17) is 9.47 Å². The summed E-state index contributed by atoms with van der Waals surface area (Å²) in [6.07, 6.45) is 1.26. The van der Waals surface area contributed by atoms with Crippen molar-refractivity contribution in [1.82, 2.24) is 15.0 Å². The highest BCUT2D eigenvalue weighted by Gasteiger charge is 2.06. The summed E-state index contributed by atoms with van der Waals surface area (Å²) in [5, 5.41) is 18.4. The van der Waals surface area contributed by atoms with Gasteiger partial charge >= 0.3 is 12.0 Å². The highest BCUT2D eigenvalue weighted by Crippen LogP contribution is 2.23. The number of ether oxygens (including phenoxy) is 2. The molecule has 1 aromatic heterocycles. The highest BCUT2D eigenvalue weighted by molar-refractivity contribution is 5.33. The number of hydrogen-bond acceptors (Lipinski definition) is 7. The number of hydrogen-bond donors (Lipinski definition) is 2. The van der Waals surface area contributed by atoms with E-state index in [0.29, 0.717) is 11.5 Å². The maximum atomic E-state index is 9.22. The summed E-state index contributed by atoms with van der Waals surface area (Å²) in [5.41, 5.74) is 0. The molecule has 7 nitrogen and oxygen atoms in total. The van der Waals surface area contributed by atoms with Crippen LogP contribution in [-0.2, 0) is 0 Å². The fourth-order valence-electron chi connectivity index (χ4n) is 1.60. The first kappa shape index (κ1) is 13.6. The Kier molecular flexibility index (Phi) is 3.69. The highest BCUT2D eigenvalue weighted by atomic mass is 16.5. The Labute approximate surface area is 125 Å². The molecule has 1 heterocycles. The third kappa shape index (κ3) is 3.40. The molecule has 3 aromatic rings. The fourth-order valence-corrected chi connectivity index (χ4v) is 1.60. The molecule has 22 heavy (non-hydrogen) atoms. The number of nitrogens with zero attached hydrogens (tertiary/aromatic N) is 3. The molecule has 110 valence electrons. The fraction of sp³-hybridized carbons (Fsp3) is 0. The predicted molar refractivity (Wildman–Crippen MR) is 76.2 cm³/mol. The monoisotopic (exact) mass is 297 g/mol. The molecule has 0 spiro atoms. The second kappa shape index (κ2) is 5.96. The number of aromatic nitrogens is 3. The molecule has 3 rings (SSSR count). The van der Waals surface area contributed by atoms with E-state index in [1.54, 1.807) is 24.3 Å². The van der Waals surface area contributed by atoms with Crippen LogP contribution in [0.5, 0.6) is 35.0 Å². The number of aromatic hydroxyl groups is 2. The third-order valence-electron chi connectivity index (χ3n) is 2.62. The second-order valence-electron chi connectivity index (χ2n) is 4.24. The van der Waals surface area contributed by atoms with Crippen molar-refractivity contribution in [2.45, 2.75) is 0 Å². The molecule has 0 aliphatic rings. The first-order valence-electron chi connectivity index (χ1n) is 6.32. The molecular formula is C15H11N3O4. The van der Waals surface area contributed by atoms with Crippen LogP contribution in [0, 0.1) is 0 Å². The molecule has 0 amide bonds. The molecule has 0 fully saturated rings. The smallest absolute Gasteiger partial charge is 0.328 e. The van der Waals surface area contributed by atoms with Gasteiger partial charge in [-0.15, -0.1) is 4.98 Å². The van der Waals surface area contributed by atoms with Gasteiger partial charge in [0.05, 0.1) is 0 Å². The van der Waals surface area contributed by atoms with Gasteiger partial charge in [-0.1, -0.05) is 0 Å². The summed E-state index contributed by atoms with van der Waals surface area (Å²) < 4.78 is 10.9. The van der Waals surface area contributed by atoms with Gasteiger partial charge in [0.15, 0.2) is 0 Å². The minimum atomic E-state index is 0.0643. The van der Waals surface area contributed by atoms with E-state index in [2.05, 4.69) is 15.0 Å². The van der Waals surface area contributed by atoms with Crippen molar-refractivity contribution < 1.29 is 19.7 Å². The SMILES string of the molecule is Oc1ccc(Oc2ncnc(Oc3ccc(O)cc3)n2)cc1. The molecule has 2 aromatic carbocycles. The van der Waals surface area contributed by atoms with E-state index in [0.717, 1.165) is 0 Å². The zero-order valence-electron chi connectivity index (χ0n) is 11.2. The van der Waals surface area contributed by atoms with Crippen LogP contribution >= 0.6 is 0 Å². The second-order valence-corrected chi connectivity index (χ2v) is 4.24. The summed E-state index contributed by atoms with van der Waals surface area (Å²) in [5.74, 6) is 1.22. The van der Waals surface area contributed by atoms with Gasteiger partial charge < -0.3 is 19.7 Å². The molecule has 0 radical (unpaired) electrons. The molecular weight excluding hydrogens is 286 g/mol. The van der Waals surface area contributed by atoms with E-state index in [1.165, 1.54) is 30.6 Å². The Morgan fingerprint density at radius 2 is 1.05 bits per heavy atom. The maximum absolute atomic E-state index is 9.22. The summed E-state index contributed by atoms with van der Waals surface area (Å²) in [6.45, 7) is 0. The Balaban J connectivity index is 1.74. The number of phenols is 2. The quantitative estimate of drug-likeness (QED) is 0.764. The van der Waals surface area contributed by atoms with E-state index in [9.17, 15) is 10.2 Å². The Hall–Kier alpha value is -3.35. The van der Waals surface area contributed by atoms with Gasteiger partial charge in [0.1, 0.15) is 29.3 Å². The van der Waals surface area contributed by atoms with Gasteiger partial charge in [-0.2, -0.15) is 9.97 Å². The molecule has 7 heteroatoms.